The molecule has 3 N–H and O–H groups in total. The van der Waals surface area contributed by atoms with Crippen molar-refractivity contribution in [2.45, 2.75) is 12.3 Å². The summed E-state index contributed by atoms with van der Waals surface area (Å²) in [5.41, 5.74) is -1.06. The number of fused-ring (bicyclic) bond motifs is 1. The van der Waals surface area contributed by atoms with Crippen molar-refractivity contribution in [2.24, 2.45) is 0 Å². The lowest BCUT2D eigenvalue weighted by Gasteiger charge is -2.14. The molecule has 0 bridgehead atoms. The number of alkyl halides is 3. The summed E-state index contributed by atoms with van der Waals surface area (Å²) in [7, 11) is -4.57. The number of halogens is 3. The van der Waals surface area contributed by atoms with Crippen LogP contribution in [-0.2, 0) is 15.5 Å². The number of benzene rings is 2. The average molecular weight is 427 g/mol. The first-order valence-electron chi connectivity index (χ1n) is 8.03. The predicted molar refractivity (Wildman–Crippen MR) is 98.4 cm³/mol. The number of nitrogens with one attached hydrogen (secondary N) is 1. The van der Waals surface area contributed by atoms with Crippen molar-refractivity contribution < 1.29 is 36.7 Å². The van der Waals surface area contributed by atoms with E-state index < -0.39 is 31.5 Å². The molecule has 0 aliphatic rings. The Labute approximate surface area is 160 Å². The minimum atomic E-state index is -5.13. The second-order valence-electron chi connectivity index (χ2n) is 6.13. The van der Waals surface area contributed by atoms with Gasteiger partial charge in [-0.05, 0) is 35.4 Å². The largest absolute Gasteiger partial charge is 0.471 e. The van der Waals surface area contributed by atoms with E-state index in [1.54, 1.807) is 23.5 Å². The average Bonchev–Trinajstić information content (AvgIpc) is 2.60. The minimum absolute atomic E-state index is 0.00548. The van der Waals surface area contributed by atoms with E-state index in [-0.39, 0.29) is 28.0 Å². The molecular weight excluding hydrogens is 414 g/mol. The van der Waals surface area contributed by atoms with Gasteiger partial charge in [0.15, 0.2) is 0 Å². The molecule has 1 amide bonds. The van der Waals surface area contributed by atoms with Crippen LogP contribution in [-0.4, -0.2) is 21.9 Å². The Morgan fingerprint density at radius 3 is 2.41 bits per heavy atom. The van der Waals surface area contributed by atoms with E-state index in [1.165, 1.54) is 12.1 Å². The fourth-order valence-corrected chi connectivity index (χ4v) is 3.44. The van der Waals surface area contributed by atoms with Crippen LogP contribution >= 0.6 is 7.60 Å². The maximum atomic E-state index is 12.5. The summed E-state index contributed by atoms with van der Waals surface area (Å²) in [6, 6.07) is 11.1. The summed E-state index contributed by atoms with van der Waals surface area (Å²) >= 11 is 0. The second kappa shape index (κ2) is 7.47. The zero-order valence-corrected chi connectivity index (χ0v) is 15.3. The first-order valence-corrected chi connectivity index (χ1v) is 9.83. The molecule has 0 atom stereocenters. The van der Waals surface area contributed by atoms with Crippen LogP contribution in [0.3, 0.4) is 0 Å². The number of carbonyl (C=O) groups is 1. The van der Waals surface area contributed by atoms with Crippen molar-refractivity contribution in [2.75, 3.05) is 5.32 Å². The fourth-order valence-electron chi connectivity index (χ4n) is 2.72. The zero-order valence-electron chi connectivity index (χ0n) is 14.4. The lowest BCUT2D eigenvalue weighted by Crippen LogP contribution is -2.29. The van der Waals surface area contributed by atoms with Gasteiger partial charge in [0.1, 0.15) is 5.58 Å². The van der Waals surface area contributed by atoms with Gasteiger partial charge in [0.2, 0.25) is 0 Å². The van der Waals surface area contributed by atoms with Gasteiger partial charge in [-0.15, -0.1) is 0 Å². The van der Waals surface area contributed by atoms with E-state index in [2.05, 4.69) is 0 Å². The highest BCUT2D eigenvalue weighted by Gasteiger charge is 2.38. The number of rotatable bonds is 4. The summed E-state index contributed by atoms with van der Waals surface area (Å²) in [5, 5.41) is 2.14. The Morgan fingerprint density at radius 2 is 1.76 bits per heavy atom. The van der Waals surface area contributed by atoms with Crippen molar-refractivity contribution in [3.8, 4) is 11.1 Å². The summed E-state index contributed by atoms with van der Waals surface area (Å²) in [6.07, 6.45) is -5.89. The Morgan fingerprint density at radius 1 is 1.07 bits per heavy atom. The van der Waals surface area contributed by atoms with Crippen molar-refractivity contribution in [1.29, 1.82) is 0 Å². The maximum absolute atomic E-state index is 12.5. The normalized spacial score (nSPS) is 12.2. The second-order valence-corrected chi connectivity index (χ2v) is 7.78. The van der Waals surface area contributed by atoms with Crippen LogP contribution in [0.15, 0.2) is 57.7 Å². The first-order chi connectivity index (χ1) is 13.4. The Bertz CT molecular complexity index is 1200. The molecule has 0 radical (unpaired) electrons. The smallest absolute Gasteiger partial charge is 0.422 e. The van der Waals surface area contributed by atoms with Crippen molar-refractivity contribution in [3.05, 3.63) is 64.5 Å². The van der Waals surface area contributed by atoms with E-state index in [0.717, 1.165) is 18.2 Å². The summed E-state index contributed by atoms with van der Waals surface area (Å²) in [6.45, 7) is 0. The molecule has 0 saturated heterocycles. The number of carbonyl (C=O) groups excluding carboxylic acids is 1. The molecule has 11 heteroatoms. The number of amides is 1. The van der Waals surface area contributed by atoms with E-state index in [1.807, 2.05) is 0 Å². The summed E-state index contributed by atoms with van der Waals surface area (Å²) in [4.78, 5) is 42.2. The molecule has 29 heavy (non-hydrogen) atoms. The molecular formula is C18H13F3NO6P. The van der Waals surface area contributed by atoms with Gasteiger partial charge in [0.05, 0.1) is 11.7 Å². The van der Waals surface area contributed by atoms with Crippen LogP contribution in [0.25, 0.3) is 22.1 Å². The van der Waals surface area contributed by atoms with Gasteiger partial charge >= 0.3 is 25.3 Å². The number of para-hydroxylation sites is 1. The van der Waals surface area contributed by atoms with Gasteiger partial charge in [0.25, 0.3) is 0 Å². The maximum Gasteiger partial charge on any atom is 0.471 e. The van der Waals surface area contributed by atoms with Crippen LogP contribution < -0.4 is 10.9 Å². The molecule has 3 aromatic rings. The van der Waals surface area contributed by atoms with E-state index >= 15 is 0 Å². The van der Waals surface area contributed by atoms with E-state index in [9.17, 15) is 37.1 Å². The van der Waals surface area contributed by atoms with E-state index in [4.69, 9.17) is 4.42 Å². The third-order valence-corrected chi connectivity index (χ3v) is 4.69. The molecule has 0 aliphatic heterocycles. The summed E-state index contributed by atoms with van der Waals surface area (Å²) in [5.74, 6) is -2.23. The molecule has 7 nitrogen and oxygen atoms in total. The Balaban J connectivity index is 2.17. The molecule has 3 rings (SSSR count). The lowest BCUT2D eigenvalue weighted by atomic mass is 10.00. The Hall–Kier alpha value is -2.94. The monoisotopic (exact) mass is 427 g/mol. The molecule has 2 aromatic carbocycles. The number of hydrogen-bond donors (Lipinski definition) is 3. The topological polar surface area (TPSA) is 117 Å². The van der Waals surface area contributed by atoms with Gasteiger partial charge < -0.3 is 19.5 Å². The highest BCUT2D eigenvalue weighted by molar-refractivity contribution is 7.50. The van der Waals surface area contributed by atoms with Crippen molar-refractivity contribution >= 4 is 30.2 Å². The molecule has 0 spiro atoms. The highest BCUT2D eigenvalue weighted by Crippen LogP contribution is 2.42. The minimum Gasteiger partial charge on any atom is -0.422 e. The fraction of sp³-hybridized carbons (Fsp3) is 0.111. The molecule has 0 unspecified atom stereocenters. The first kappa shape index (κ1) is 20.8. The SMILES string of the molecule is O=C(Nc1ccc(CP(=O)(O)O)c(-c2cc3ccccc3oc2=O)c1)C(F)(F)F. The van der Waals surface area contributed by atoms with Crippen LogP contribution in [0.2, 0.25) is 0 Å². The standard InChI is InChI=1S/C18H13F3NO6P/c19-18(20,21)17(24)22-12-6-5-11(9-29(25,26)27)13(8-12)14-7-10-3-1-2-4-15(10)28-16(14)23/h1-8H,9H2,(H,22,24)(H2,25,26,27). The van der Waals surface area contributed by atoms with E-state index in [0.29, 0.717) is 5.39 Å². The van der Waals surface area contributed by atoms with Crippen LogP contribution in [0, 0.1) is 0 Å². The van der Waals surface area contributed by atoms with Gasteiger partial charge in [-0.3, -0.25) is 9.36 Å². The van der Waals surface area contributed by atoms with Crippen molar-refractivity contribution in [3.63, 3.8) is 0 Å². The number of anilines is 1. The van der Waals surface area contributed by atoms with Crippen LogP contribution in [0.5, 0.6) is 0 Å². The van der Waals surface area contributed by atoms with Gasteiger partial charge in [-0.2, -0.15) is 13.2 Å². The summed E-state index contributed by atoms with van der Waals surface area (Å²) < 4.78 is 54.2. The van der Waals surface area contributed by atoms with Gasteiger partial charge in [-0.1, -0.05) is 24.3 Å². The molecule has 1 heterocycles. The zero-order chi connectivity index (χ0) is 21.4. The van der Waals surface area contributed by atoms with Crippen LogP contribution in [0.1, 0.15) is 5.56 Å². The van der Waals surface area contributed by atoms with Crippen molar-refractivity contribution in [1.82, 2.24) is 0 Å². The van der Waals surface area contributed by atoms with Gasteiger partial charge in [-0.25, -0.2) is 4.79 Å². The number of hydrogen-bond acceptors (Lipinski definition) is 4. The third kappa shape index (κ3) is 4.92. The van der Waals surface area contributed by atoms with Gasteiger partial charge in [0, 0.05) is 11.1 Å². The van der Waals surface area contributed by atoms with Crippen LogP contribution in [0.4, 0.5) is 18.9 Å². The third-order valence-electron chi connectivity index (χ3n) is 3.93. The Kier molecular flexibility index (Phi) is 5.36. The molecule has 152 valence electrons. The lowest BCUT2D eigenvalue weighted by molar-refractivity contribution is -0.167. The molecule has 0 saturated carbocycles. The quantitative estimate of drug-likeness (QED) is 0.433. The molecule has 0 aliphatic carbocycles. The molecule has 0 fully saturated rings. The molecule has 1 aromatic heterocycles. The predicted octanol–water partition coefficient (Wildman–Crippen LogP) is 3.64. The highest BCUT2D eigenvalue weighted by atomic mass is 31.2.